The predicted molar refractivity (Wildman–Crippen MR) is 109 cm³/mol. The normalized spacial score (nSPS) is 14.5. The summed E-state index contributed by atoms with van der Waals surface area (Å²) in [5.41, 5.74) is 4.09. The second kappa shape index (κ2) is 9.90. The maximum atomic E-state index is 12.6. The number of carboxylic acid groups (broad SMARTS) is 1. The molecule has 0 saturated carbocycles. The molecular formula is C22H21F3N2O6. The summed E-state index contributed by atoms with van der Waals surface area (Å²) in [7, 11) is 0. The van der Waals surface area contributed by atoms with Crippen LogP contribution in [0.2, 0.25) is 0 Å². The molecule has 33 heavy (non-hydrogen) atoms. The van der Waals surface area contributed by atoms with E-state index in [9.17, 15) is 32.7 Å². The molecule has 0 aliphatic heterocycles. The Labute approximate surface area is 186 Å². The van der Waals surface area contributed by atoms with Gasteiger partial charge in [-0.1, -0.05) is 48.5 Å². The van der Waals surface area contributed by atoms with Crippen LogP contribution in [-0.4, -0.2) is 59.7 Å². The molecule has 0 heterocycles. The molecule has 2 unspecified atom stereocenters. The molecule has 0 aromatic heterocycles. The molecular weight excluding hydrogens is 445 g/mol. The molecule has 1 aliphatic rings. The number of aliphatic hydroxyl groups excluding tert-OH is 1. The first-order chi connectivity index (χ1) is 15.6. The third-order valence-corrected chi connectivity index (χ3v) is 5.13. The lowest BCUT2D eigenvalue weighted by atomic mass is 9.98. The average molecular weight is 466 g/mol. The minimum atomic E-state index is -5.19. The number of benzene rings is 2. The Morgan fingerprint density at radius 2 is 1.55 bits per heavy atom. The summed E-state index contributed by atoms with van der Waals surface area (Å²) in [6.07, 6.45) is -8.46. The summed E-state index contributed by atoms with van der Waals surface area (Å²) in [6, 6.07) is 12.3. The fourth-order valence-electron chi connectivity index (χ4n) is 3.64. The van der Waals surface area contributed by atoms with Gasteiger partial charge in [-0.25, -0.2) is 9.59 Å². The number of halogens is 3. The number of amides is 2. The van der Waals surface area contributed by atoms with E-state index in [1.165, 1.54) is 5.32 Å². The van der Waals surface area contributed by atoms with Gasteiger partial charge in [-0.2, -0.15) is 13.2 Å². The van der Waals surface area contributed by atoms with E-state index >= 15 is 0 Å². The van der Waals surface area contributed by atoms with Gasteiger partial charge in [0.25, 0.3) is 0 Å². The SMILES string of the molecule is O=C(CC(O)CNC(=O)OCC1c2ccccc2-c2ccccc21)NC(C(=O)O)C(F)(F)F. The molecule has 0 radical (unpaired) electrons. The Morgan fingerprint density at radius 1 is 1.00 bits per heavy atom. The van der Waals surface area contributed by atoms with Gasteiger partial charge in [-0.05, 0) is 22.3 Å². The van der Waals surface area contributed by atoms with E-state index in [-0.39, 0.29) is 12.5 Å². The van der Waals surface area contributed by atoms with Gasteiger partial charge in [0.05, 0.1) is 12.5 Å². The molecule has 0 fully saturated rings. The van der Waals surface area contributed by atoms with Crippen molar-refractivity contribution in [2.45, 2.75) is 30.7 Å². The zero-order chi connectivity index (χ0) is 24.2. The van der Waals surface area contributed by atoms with Crippen molar-refractivity contribution in [3.8, 4) is 11.1 Å². The molecule has 0 bridgehead atoms. The minimum absolute atomic E-state index is 0.0162. The summed E-state index contributed by atoms with van der Waals surface area (Å²) in [5.74, 6) is -3.79. The molecule has 2 aromatic rings. The van der Waals surface area contributed by atoms with Crippen LogP contribution in [0.1, 0.15) is 23.5 Å². The van der Waals surface area contributed by atoms with Crippen LogP contribution in [-0.2, 0) is 14.3 Å². The highest BCUT2D eigenvalue weighted by atomic mass is 19.4. The third-order valence-electron chi connectivity index (χ3n) is 5.13. The molecule has 2 amide bonds. The number of alkyl halides is 3. The second-order valence-electron chi connectivity index (χ2n) is 7.44. The van der Waals surface area contributed by atoms with E-state index in [0.717, 1.165) is 22.3 Å². The van der Waals surface area contributed by atoms with Gasteiger partial charge in [0, 0.05) is 12.5 Å². The lowest BCUT2D eigenvalue weighted by Crippen LogP contribution is -2.51. The van der Waals surface area contributed by atoms with Crippen LogP contribution in [0.3, 0.4) is 0 Å². The van der Waals surface area contributed by atoms with Crippen molar-refractivity contribution in [1.82, 2.24) is 10.6 Å². The van der Waals surface area contributed by atoms with Crippen molar-refractivity contribution >= 4 is 18.0 Å². The van der Waals surface area contributed by atoms with Gasteiger partial charge >= 0.3 is 18.2 Å². The van der Waals surface area contributed by atoms with Crippen LogP contribution in [0.4, 0.5) is 18.0 Å². The smallest absolute Gasteiger partial charge is 0.419 e. The fourth-order valence-corrected chi connectivity index (χ4v) is 3.64. The number of aliphatic hydroxyl groups is 1. The molecule has 11 heteroatoms. The summed E-state index contributed by atoms with van der Waals surface area (Å²) < 4.78 is 43.0. The van der Waals surface area contributed by atoms with E-state index in [0.29, 0.717) is 0 Å². The molecule has 0 saturated heterocycles. The topological polar surface area (TPSA) is 125 Å². The van der Waals surface area contributed by atoms with Crippen molar-refractivity contribution in [3.63, 3.8) is 0 Å². The van der Waals surface area contributed by atoms with Crippen LogP contribution in [0, 0.1) is 0 Å². The Bertz CT molecular complexity index is 997. The highest BCUT2D eigenvalue weighted by Gasteiger charge is 2.46. The van der Waals surface area contributed by atoms with Crippen LogP contribution in [0.5, 0.6) is 0 Å². The first kappa shape index (κ1) is 24.1. The molecule has 3 rings (SSSR count). The summed E-state index contributed by atoms with van der Waals surface area (Å²) in [5, 5.41) is 21.9. The quantitative estimate of drug-likeness (QED) is 0.474. The van der Waals surface area contributed by atoms with Gasteiger partial charge < -0.3 is 25.6 Å². The number of rotatable bonds is 8. The lowest BCUT2D eigenvalue weighted by molar-refractivity contribution is -0.182. The molecule has 4 N–H and O–H groups in total. The molecule has 2 atom stereocenters. The Hall–Kier alpha value is -3.60. The summed E-state index contributed by atoms with van der Waals surface area (Å²) in [6.45, 7) is -0.462. The van der Waals surface area contributed by atoms with Gasteiger partial charge in [-0.15, -0.1) is 0 Å². The summed E-state index contributed by atoms with van der Waals surface area (Å²) >= 11 is 0. The molecule has 8 nitrogen and oxygen atoms in total. The van der Waals surface area contributed by atoms with Crippen LogP contribution >= 0.6 is 0 Å². The maximum Gasteiger partial charge on any atom is 0.419 e. The summed E-state index contributed by atoms with van der Waals surface area (Å²) in [4.78, 5) is 34.3. The number of carbonyl (C=O) groups is 3. The predicted octanol–water partition coefficient (Wildman–Crippen LogP) is 2.41. The zero-order valence-electron chi connectivity index (χ0n) is 17.1. The molecule has 2 aromatic carbocycles. The first-order valence-electron chi connectivity index (χ1n) is 9.93. The maximum absolute atomic E-state index is 12.6. The van der Waals surface area contributed by atoms with E-state index < -0.39 is 49.3 Å². The van der Waals surface area contributed by atoms with Gasteiger partial charge in [0.2, 0.25) is 11.9 Å². The number of alkyl carbamates (subject to hydrolysis) is 1. The fraction of sp³-hybridized carbons (Fsp3) is 0.318. The number of carbonyl (C=O) groups excluding carboxylic acids is 2. The van der Waals surface area contributed by atoms with Crippen LogP contribution in [0.15, 0.2) is 48.5 Å². The highest BCUT2D eigenvalue weighted by Crippen LogP contribution is 2.44. The molecule has 176 valence electrons. The number of ether oxygens (including phenoxy) is 1. The Kier molecular flexibility index (Phi) is 7.22. The van der Waals surface area contributed by atoms with Crippen molar-refractivity contribution in [2.75, 3.05) is 13.2 Å². The van der Waals surface area contributed by atoms with Gasteiger partial charge in [0.15, 0.2) is 0 Å². The second-order valence-corrected chi connectivity index (χ2v) is 7.44. The van der Waals surface area contributed by atoms with Gasteiger partial charge in [-0.3, -0.25) is 4.79 Å². The van der Waals surface area contributed by atoms with E-state index in [2.05, 4.69) is 5.32 Å². The minimum Gasteiger partial charge on any atom is -0.479 e. The Morgan fingerprint density at radius 3 is 2.06 bits per heavy atom. The highest BCUT2D eigenvalue weighted by molar-refractivity contribution is 5.84. The van der Waals surface area contributed by atoms with Gasteiger partial charge in [0.1, 0.15) is 6.61 Å². The average Bonchev–Trinajstić information content (AvgIpc) is 3.07. The van der Waals surface area contributed by atoms with Crippen molar-refractivity contribution < 1.29 is 42.5 Å². The number of carboxylic acids is 1. The molecule has 0 spiro atoms. The number of aliphatic carboxylic acids is 1. The largest absolute Gasteiger partial charge is 0.479 e. The molecule has 1 aliphatic carbocycles. The van der Waals surface area contributed by atoms with E-state index in [4.69, 9.17) is 9.84 Å². The van der Waals surface area contributed by atoms with Crippen molar-refractivity contribution in [3.05, 3.63) is 59.7 Å². The number of fused-ring (bicyclic) bond motifs is 3. The monoisotopic (exact) mass is 466 g/mol. The van der Waals surface area contributed by atoms with E-state index in [1.54, 1.807) is 0 Å². The third kappa shape index (κ3) is 5.80. The van der Waals surface area contributed by atoms with Crippen molar-refractivity contribution in [2.24, 2.45) is 0 Å². The van der Waals surface area contributed by atoms with E-state index in [1.807, 2.05) is 48.5 Å². The van der Waals surface area contributed by atoms with Crippen LogP contribution in [0.25, 0.3) is 11.1 Å². The lowest BCUT2D eigenvalue weighted by Gasteiger charge is -2.19. The number of nitrogens with one attached hydrogen (secondary N) is 2. The van der Waals surface area contributed by atoms with Crippen molar-refractivity contribution in [1.29, 1.82) is 0 Å². The number of hydrogen-bond donors (Lipinski definition) is 4. The Balaban J connectivity index is 1.48. The zero-order valence-corrected chi connectivity index (χ0v) is 17.1. The first-order valence-corrected chi connectivity index (χ1v) is 9.93. The number of hydrogen-bond acceptors (Lipinski definition) is 5. The van der Waals surface area contributed by atoms with Crippen LogP contribution < -0.4 is 10.6 Å². The standard InChI is InChI=1S/C22H21F3N2O6/c23-22(24,25)19(20(30)31)27-18(29)9-12(28)10-26-21(32)33-11-17-15-7-3-1-5-13(15)14-6-2-4-8-16(14)17/h1-8,12,17,19,28H,9-11H2,(H,26,32)(H,27,29)(H,30,31).